The van der Waals surface area contributed by atoms with Crippen molar-refractivity contribution in [3.63, 3.8) is 0 Å². The average molecular weight is 340 g/mol. The standard InChI is InChI=1S/C14H18BrN3O2/c1-9(2)18-8-11(7-17-18)16-6-10-4-12(15)14(19)13(5-10)20-3/h4-5,7-9,16,19H,6H2,1-3H3. The summed E-state index contributed by atoms with van der Waals surface area (Å²) in [6.45, 7) is 4.79. The van der Waals surface area contributed by atoms with Crippen LogP contribution in [0.4, 0.5) is 5.69 Å². The fourth-order valence-corrected chi connectivity index (χ4v) is 2.29. The predicted molar refractivity (Wildman–Crippen MR) is 82.3 cm³/mol. The number of ether oxygens (including phenoxy) is 1. The van der Waals surface area contributed by atoms with Gasteiger partial charge in [-0.3, -0.25) is 4.68 Å². The Hall–Kier alpha value is -1.69. The summed E-state index contributed by atoms with van der Waals surface area (Å²) in [6.07, 6.45) is 3.77. The van der Waals surface area contributed by atoms with E-state index in [-0.39, 0.29) is 5.75 Å². The molecular formula is C14H18BrN3O2. The first kappa shape index (κ1) is 14.7. The van der Waals surface area contributed by atoms with Crippen molar-refractivity contribution in [2.45, 2.75) is 26.4 Å². The Bertz CT molecular complexity index is 596. The molecule has 2 rings (SSSR count). The molecule has 20 heavy (non-hydrogen) atoms. The van der Waals surface area contributed by atoms with Gasteiger partial charge in [0.1, 0.15) is 0 Å². The maximum atomic E-state index is 9.77. The molecule has 0 atom stereocenters. The summed E-state index contributed by atoms with van der Waals surface area (Å²) in [5, 5.41) is 17.3. The van der Waals surface area contributed by atoms with E-state index in [1.807, 2.05) is 16.9 Å². The molecule has 0 saturated heterocycles. The number of phenolic OH excluding ortho intramolecular Hbond substituents is 1. The number of methoxy groups -OCH3 is 1. The molecule has 1 aromatic heterocycles. The Morgan fingerprint density at radius 2 is 2.20 bits per heavy atom. The molecule has 0 aliphatic rings. The normalized spacial score (nSPS) is 10.8. The second-order valence-corrected chi connectivity index (χ2v) is 5.64. The van der Waals surface area contributed by atoms with E-state index in [9.17, 15) is 5.11 Å². The zero-order valence-corrected chi connectivity index (χ0v) is 13.3. The Labute approximate surface area is 126 Å². The van der Waals surface area contributed by atoms with Crippen LogP contribution in [0, 0.1) is 0 Å². The summed E-state index contributed by atoms with van der Waals surface area (Å²) in [5.41, 5.74) is 1.96. The number of benzene rings is 1. The monoisotopic (exact) mass is 339 g/mol. The molecule has 0 saturated carbocycles. The summed E-state index contributed by atoms with van der Waals surface area (Å²) >= 11 is 3.31. The highest BCUT2D eigenvalue weighted by Crippen LogP contribution is 2.35. The number of nitrogens with zero attached hydrogens (tertiary/aromatic N) is 2. The van der Waals surface area contributed by atoms with Crippen LogP contribution >= 0.6 is 15.9 Å². The molecule has 0 bridgehead atoms. The van der Waals surface area contributed by atoms with Gasteiger partial charge in [-0.1, -0.05) is 0 Å². The zero-order chi connectivity index (χ0) is 14.7. The fourth-order valence-electron chi connectivity index (χ4n) is 1.80. The van der Waals surface area contributed by atoms with Gasteiger partial charge in [-0.15, -0.1) is 0 Å². The maximum Gasteiger partial charge on any atom is 0.172 e. The van der Waals surface area contributed by atoms with Gasteiger partial charge in [-0.05, 0) is 47.5 Å². The second-order valence-electron chi connectivity index (χ2n) is 4.78. The third-order valence-corrected chi connectivity index (χ3v) is 3.54. The third kappa shape index (κ3) is 3.25. The number of hydrogen-bond acceptors (Lipinski definition) is 4. The third-order valence-electron chi connectivity index (χ3n) is 2.94. The van der Waals surface area contributed by atoms with Gasteiger partial charge in [0, 0.05) is 18.8 Å². The number of hydrogen-bond donors (Lipinski definition) is 2. The molecule has 6 heteroatoms. The van der Waals surface area contributed by atoms with E-state index in [1.54, 1.807) is 12.3 Å². The molecule has 2 N–H and O–H groups in total. The van der Waals surface area contributed by atoms with Gasteiger partial charge < -0.3 is 15.2 Å². The van der Waals surface area contributed by atoms with Crippen molar-refractivity contribution in [1.29, 1.82) is 0 Å². The molecule has 5 nitrogen and oxygen atoms in total. The van der Waals surface area contributed by atoms with Crippen LogP contribution in [0.1, 0.15) is 25.5 Å². The van der Waals surface area contributed by atoms with Crippen molar-refractivity contribution in [3.05, 3.63) is 34.6 Å². The highest BCUT2D eigenvalue weighted by Gasteiger charge is 2.09. The van der Waals surface area contributed by atoms with Gasteiger partial charge in [-0.2, -0.15) is 5.10 Å². The van der Waals surface area contributed by atoms with Crippen molar-refractivity contribution in [2.24, 2.45) is 0 Å². The molecule has 0 spiro atoms. The lowest BCUT2D eigenvalue weighted by molar-refractivity contribution is 0.371. The van der Waals surface area contributed by atoms with Crippen LogP contribution in [0.3, 0.4) is 0 Å². The minimum atomic E-state index is 0.115. The highest BCUT2D eigenvalue weighted by atomic mass is 79.9. The first-order valence-corrected chi connectivity index (χ1v) is 7.14. The minimum absolute atomic E-state index is 0.115. The summed E-state index contributed by atoms with van der Waals surface area (Å²) in [6, 6.07) is 4.01. The number of aromatic hydroxyl groups is 1. The van der Waals surface area contributed by atoms with Crippen LogP contribution in [0.2, 0.25) is 0 Å². The van der Waals surface area contributed by atoms with Crippen molar-refractivity contribution < 1.29 is 9.84 Å². The van der Waals surface area contributed by atoms with Crippen molar-refractivity contribution in [1.82, 2.24) is 9.78 Å². The predicted octanol–water partition coefficient (Wildman–Crippen LogP) is 3.55. The lowest BCUT2D eigenvalue weighted by Crippen LogP contribution is -2.01. The van der Waals surface area contributed by atoms with Crippen LogP contribution in [-0.2, 0) is 6.54 Å². The van der Waals surface area contributed by atoms with Crippen LogP contribution in [0.15, 0.2) is 29.0 Å². The molecule has 0 fully saturated rings. The molecule has 108 valence electrons. The number of anilines is 1. The first-order valence-electron chi connectivity index (χ1n) is 6.34. The second kappa shape index (κ2) is 6.17. The fraction of sp³-hybridized carbons (Fsp3) is 0.357. The van der Waals surface area contributed by atoms with Crippen molar-refractivity contribution in [2.75, 3.05) is 12.4 Å². The molecular weight excluding hydrogens is 322 g/mol. The van der Waals surface area contributed by atoms with Gasteiger partial charge in [0.25, 0.3) is 0 Å². The Morgan fingerprint density at radius 3 is 2.80 bits per heavy atom. The van der Waals surface area contributed by atoms with Gasteiger partial charge >= 0.3 is 0 Å². The van der Waals surface area contributed by atoms with E-state index >= 15 is 0 Å². The van der Waals surface area contributed by atoms with E-state index in [4.69, 9.17) is 4.74 Å². The van der Waals surface area contributed by atoms with Gasteiger partial charge in [0.2, 0.25) is 0 Å². The highest BCUT2D eigenvalue weighted by molar-refractivity contribution is 9.10. The number of aromatic nitrogens is 2. The van der Waals surface area contributed by atoms with Crippen LogP contribution in [-0.4, -0.2) is 22.0 Å². The van der Waals surface area contributed by atoms with E-state index < -0.39 is 0 Å². The van der Waals surface area contributed by atoms with Crippen molar-refractivity contribution >= 4 is 21.6 Å². The smallest absolute Gasteiger partial charge is 0.172 e. The zero-order valence-electron chi connectivity index (χ0n) is 11.7. The van der Waals surface area contributed by atoms with Crippen molar-refractivity contribution in [3.8, 4) is 11.5 Å². The topological polar surface area (TPSA) is 59.3 Å². The summed E-state index contributed by atoms with van der Waals surface area (Å²) < 4.78 is 7.65. The SMILES string of the molecule is COc1cc(CNc2cnn(C(C)C)c2)cc(Br)c1O. The number of rotatable bonds is 5. The van der Waals surface area contributed by atoms with E-state index in [1.165, 1.54) is 7.11 Å². The molecule has 1 heterocycles. The van der Waals surface area contributed by atoms with Gasteiger partial charge in [0.05, 0.1) is 23.5 Å². The minimum Gasteiger partial charge on any atom is -0.503 e. The number of nitrogens with one attached hydrogen (secondary N) is 1. The molecule has 0 radical (unpaired) electrons. The molecule has 0 aliphatic carbocycles. The van der Waals surface area contributed by atoms with E-state index in [0.717, 1.165) is 11.3 Å². The number of halogens is 1. The van der Waals surface area contributed by atoms with Crippen LogP contribution < -0.4 is 10.1 Å². The average Bonchev–Trinajstić information content (AvgIpc) is 2.89. The van der Waals surface area contributed by atoms with E-state index in [0.29, 0.717) is 22.8 Å². The summed E-state index contributed by atoms with van der Waals surface area (Å²) in [7, 11) is 1.53. The molecule has 0 amide bonds. The van der Waals surface area contributed by atoms with Gasteiger partial charge in [-0.25, -0.2) is 0 Å². The largest absolute Gasteiger partial charge is 0.503 e. The maximum absolute atomic E-state index is 9.77. The van der Waals surface area contributed by atoms with Gasteiger partial charge in [0.15, 0.2) is 11.5 Å². The van der Waals surface area contributed by atoms with Crippen LogP contribution in [0.5, 0.6) is 11.5 Å². The van der Waals surface area contributed by atoms with E-state index in [2.05, 4.69) is 40.2 Å². The molecule has 1 aromatic carbocycles. The Morgan fingerprint density at radius 1 is 1.45 bits per heavy atom. The first-order chi connectivity index (χ1) is 9.51. The molecule has 2 aromatic rings. The Balaban J connectivity index is 2.08. The molecule has 0 aliphatic heterocycles. The lowest BCUT2D eigenvalue weighted by Gasteiger charge is -2.10. The summed E-state index contributed by atoms with van der Waals surface area (Å²) in [5.74, 6) is 0.568. The Kier molecular flexibility index (Phi) is 4.54. The summed E-state index contributed by atoms with van der Waals surface area (Å²) in [4.78, 5) is 0. The lowest BCUT2D eigenvalue weighted by atomic mass is 10.2. The number of phenols is 1. The quantitative estimate of drug-likeness (QED) is 0.874. The molecule has 0 unspecified atom stereocenters. The van der Waals surface area contributed by atoms with Crippen LogP contribution in [0.25, 0.3) is 0 Å².